The Balaban J connectivity index is 2.61. The van der Waals surface area contributed by atoms with Gasteiger partial charge in [0.15, 0.2) is 0 Å². The number of hydrogen-bond donors (Lipinski definition) is 0. The van der Waals surface area contributed by atoms with Crippen molar-refractivity contribution in [3.63, 3.8) is 0 Å². The number of nitro groups is 1. The smallest absolute Gasteiger partial charge is 0.343 e. The quantitative estimate of drug-likeness (QED) is 0.230. The minimum atomic E-state index is -2.02. The SMILES string of the molecule is C=CC1CN(C(=O)c2ccccc2[N+](=O)[O-])C(C(=O)OCC)(C(=O)OCC)C1. The van der Waals surface area contributed by atoms with E-state index in [4.69, 9.17) is 9.47 Å². The third kappa shape index (κ3) is 3.60. The highest BCUT2D eigenvalue weighted by Crippen LogP contribution is 2.38. The monoisotopic (exact) mass is 390 g/mol. The number of nitro benzene ring substituents is 1. The molecule has 0 saturated carbocycles. The predicted molar refractivity (Wildman–Crippen MR) is 98.4 cm³/mol. The lowest BCUT2D eigenvalue weighted by Crippen LogP contribution is -2.60. The number of likely N-dealkylation sites (tertiary alicyclic amines) is 1. The Morgan fingerprint density at radius 2 is 1.82 bits per heavy atom. The molecule has 1 aliphatic rings. The van der Waals surface area contributed by atoms with Crippen LogP contribution in [0.3, 0.4) is 0 Å². The van der Waals surface area contributed by atoms with Crippen molar-refractivity contribution in [2.75, 3.05) is 19.8 Å². The van der Waals surface area contributed by atoms with Crippen molar-refractivity contribution in [3.05, 3.63) is 52.6 Å². The highest BCUT2D eigenvalue weighted by atomic mass is 16.6. The molecule has 2 rings (SSSR count). The Kier molecular flexibility index (Phi) is 6.50. The summed E-state index contributed by atoms with van der Waals surface area (Å²) in [6, 6.07) is 5.36. The average Bonchev–Trinajstić information content (AvgIpc) is 3.09. The lowest BCUT2D eigenvalue weighted by Gasteiger charge is -2.33. The average molecular weight is 390 g/mol. The van der Waals surface area contributed by atoms with Crippen LogP contribution in [0.5, 0.6) is 0 Å². The highest BCUT2D eigenvalue weighted by molar-refractivity contribution is 6.11. The van der Waals surface area contributed by atoms with Crippen molar-refractivity contribution < 1.29 is 28.8 Å². The van der Waals surface area contributed by atoms with E-state index >= 15 is 0 Å². The first-order valence-electron chi connectivity index (χ1n) is 8.85. The topological polar surface area (TPSA) is 116 Å². The van der Waals surface area contributed by atoms with Gasteiger partial charge in [-0.1, -0.05) is 18.2 Å². The second-order valence-electron chi connectivity index (χ2n) is 6.19. The standard InChI is InChI=1S/C19H22N2O7/c1-4-13-11-19(17(23)27-5-2,18(24)28-6-3)20(12-13)16(22)14-9-7-8-10-15(14)21(25)26/h4,7-10,13H,1,5-6,11-12H2,2-3H3. The number of benzene rings is 1. The Labute approximate surface area is 162 Å². The van der Waals surface area contributed by atoms with Gasteiger partial charge in [-0.2, -0.15) is 0 Å². The third-order valence-corrected chi connectivity index (χ3v) is 4.57. The van der Waals surface area contributed by atoms with Crippen molar-refractivity contribution in [2.24, 2.45) is 5.92 Å². The maximum atomic E-state index is 13.2. The molecular formula is C19H22N2O7. The molecule has 0 N–H and O–H groups in total. The summed E-state index contributed by atoms with van der Waals surface area (Å²) in [5.41, 5.74) is -2.67. The largest absolute Gasteiger partial charge is 0.464 e. The molecule has 0 aliphatic carbocycles. The molecular weight excluding hydrogens is 368 g/mol. The molecule has 9 heteroatoms. The zero-order valence-electron chi connectivity index (χ0n) is 15.8. The van der Waals surface area contributed by atoms with Crippen molar-refractivity contribution in [1.29, 1.82) is 0 Å². The number of ether oxygens (including phenoxy) is 2. The van der Waals surface area contributed by atoms with E-state index in [2.05, 4.69) is 6.58 Å². The van der Waals surface area contributed by atoms with Gasteiger partial charge < -0.3 is 14.4 Å². The summed E-state index contributed by atoms with van der Waals surface area (Å²) >= 11 is 0. The summed E-state index contributed by atoms with van der Waals surface area (Å²) in [5, 5.41) is 11.3. The van der Waals surface area contributed by atoms with Crippen LogP contribution >= 0.6 is 0 Å². The second-order valence-corrected chi connectivity index (χ2v) is 6.19. The lowest BCUT2D eigenvalue weighted by molar-refractivity contribution is -0.385. The van der Waals surface area contributed by atoms with E-state index in [1.807, 2.05) is 0 Å². The fraction of sp³-hybridized carbons (Fsp3) is 0.421. The summed E-state index contributed by atoms with van der Waals surface area (Å²) < 4.78 is 10.2. The van der Waals surface area contributed by atoms with Gasteiger partial charge in [0.25, 0.3) is 11.6 Å². The number of carbonyl (C=O) groups excluding carboxylic acids is 3. The zero-order valence-corrected chi connectivity index (χ0v) is 15.8. The van der Waals surface area contributed by atoms with Gasteiger partial charge in [0.1, 0.15) is 5.56 Å². The maximum absolute atomic E-state index is 13.2. The molecule has 1 heterocycles. The van der Waals surface area contributed by atoms with E-state index < -0.39 is 34.0 Å². The van der Waals surface area contributed by atoms with E-state index in [1.54, 1.807) is 13.8 Å². The van der Waals surface area contributed by atoms with E-state index in [1.165, 1.54) is 30.3 Å². The van der Waals surface area contributed by atoms with Crippen LogP contribution in [-0.4, -0.2) is 53.0 Å². The van der Waals surface area contributed by atoms with Crippen LogP contribution in [0.25, 0.3) is 0 Å². The van der Waals surface area contributed by atoms with Crippen LogP contribution in [-0.2, 0) is 19.1 Å². The number of nitrogens with zero attached hydrogens (tertiary/aromatic N) is 2. The summed E-state index contributed by atoms with van der Waals surface area (Å²) in [6.45, 7) is 6.79. The highest BCUT2D eigenvalue weighted by Gasteiger charge is 2.61. The van der Waals surface area contributed by atoms with Gasteiger partial charge in [-0.25, -0.2) is 9.59 Å². The van der Waals surface area contributed by atoms with Gasteiger partial charge in [0, 0.05) is 19.0 Å². The first-order chi connectivity index (χ1) is 13.3. The third-order valence-electron chi connectivity index (χ3n) is 4.57. The number of para-hydroxylation sites is 1. The Morgan fingerprint density at radius 3 is 2.32 bits per heavy atom. The molecule has 1 fully saturated rings. The number of amides is 1. The fourth-order valence-corrected chi connectivity index (χ4v) is 3.29. The van der Waals surface area contributed by atoms with Crippen LogP contribution < -0.4 is 0 Å². The summed E-state index contributed by atoms with van der Waals surface area (Å²) in [7, 11) is 0. The molecule has 1 saturated heterocycles. The molecule has 1 aliphatic heterocycles. The van der Waals surface area contributed by atoms with E-state index in [0.29, 0.717) is 0 Å². The minimum absolute atomic E-state index is 0.00768. The zero-order chi connectivity index (χ0) is 20.9. The maximum Gasteiger partial charge on any atom is 0.343 e. The molecule has 9 nitrogen and oxygen atoms in total. The van der Waals surface area contributed by atoms with Crippen molar-refractivity contribution in [3.8, 4) is 0 Å². The van der Waals surface area contributed by atoms with E-state index in [9.17, 15) is 24.5 Å². The fourth-order valence-electron chi connectivity index (χ4n) is 3.29. The van der Waals surface area contributed by atoms with E-state index in [0.717, 1.165) is 4.90 Å². The first-order valence-corrected chi connectivity index (χ1v) is 8.85. The van der Waals surface area contributed by atoms with Crippen LogP contribution in [0.4, 0.5) is 5.69 Å². The number of hydrogen-bond acceptors (Lipinski definition) is 7. The Morgan fingerprint density at radius 1 is 1.25 bits per heavy atom. The lowest BCUT2D eigenvalue weighted by atomic mass is 9.91. The molecule has 0 radical (unpaired) electrons. The molecule has 1 unspecified atom stereocenters. The molecule has 1 aromatic carbocycles. The summed E-state index contributed by atoms with van der Waals surface area (Å²) in [5.74, 6) is -3.06. The van der Waals surface area contributed by atoms with Crippen molar-refractivity contribution >= 4 is 23.5 Å². The Bertz CT molecular complexity index is 787. The molecule has 150 valence electrons. The normalized spacial score (nSPS) is 17.6. The number of carbonyl (C=O) groups is 3. The van der Waals surface area contributed by atoms with Crippen LogP contribution in [0.1, 0.15) is 30.6 Å². The van der Waals surface area contributed by atoms with Gasteiger partial charge >= 0.3 is 11.9 Å². The van der Waals surface area contributed by atoms with Crippen LogP contribution in [0.15, 0.2) is 36.9 Å². The molecule has 0 aromatic heterocycles. The van der Waals surface area contributed by atoms with Crippen molar-refractivity contribution in [2.45, 2.75) is 25.8 Å². The van der Waals surface area contributed by atoms with Crippen molar-refractivity contribution in [1.82, 2.24) is 4.90 Å². The second kappa shape index (κ2) is 8.64. The molecule has 28 heavy (non-hydrogen) atoms. The molecule has 1 atom stereocenters. The minimum Gasteiger partial charge on any atom is -0.464 e. The Hall–Kier alpha value is -3.23. The molecule has 1 aromatic rings. The first kappa shape index (κ1) is 21.1. The molecule has 0 bridgehead atoms. The summed E-state index contributed by atoms with van der Waals surface area (Å²) in [4.78, 5) is 50.5. The predicted octanol–water partition coefficient (Wildman–Crippen LogP) is 2.11. The number of rotatable bonds is 7. The van der Waals surface area contributed by atoms with Crippen LogP contribution in [0, 0.1) is 16.0 Å². The van der Waals surface area contributed by atoms with E-state index in [-0.39, 0.29) is 37.7 Å². The summed E-state index contributed by atoms with van der Waals surface area (Å²) in [6.07, 6.45) is 1.46. The van der Waals surface area contributed by atoms with Gasteiger partial charge in [0.2, 0.25) is 5.54 Å². The van der Waals surface area contributed by atoms with Gasteiger partial charge in [-0.05, 0) is 25.8 Å². The van der Waals surface area contributed by atoms with Gasteiger partial charge in [-0.15, -0.1) is 6.58 Å². The molecule has 1 amide bonds. The van der Waals surface area contributed by atoms with Gasteiger partial charge in [-0.3, -0.25) is 14.9 Å². The molecule has 0 spiro atoms. The van der Waals surface area contributed by atoms with Crippen LogP contribution in [0.2, 0.25) is 0 Å². The number of esters is 2. The van der Waals surface area contributed by atoms with Gasteiger partial charge in [0.05, 0.1) is 18.1 Å².